The van der Waals surface area contributed by atoms with Crippen LogP contribution in [0.25, 0.3) is 0 Å². The third-order valence-corrected chi connectivity index (χ3v) is 4.36. The summed E-state index contributed by atoms with van der Waals surface area (Å²) in [6.07, 6.45) is 0. The maximum absolute atomic E-state index is 12.1. The molecule has 0 bridgehead atoms. The van der Waals surface area contributed by atoms with Gasteiger partial charge in [-0.1, -0.05) is 45.0 Å². The second-order valence-electron chi connectivity index (χ2n) is 6.22. The van der Waals surface area contributed by atoms with Crippen LogP contribution in [0, 0.1) is 3.57 Å². The molecule has 0 atom stereocenters. The van der Waals surface area contributed by atoms with Crippen LogP contribution in [-0.2, 0) is 5.41 Å². The molecule has 0 unspecified atom stereocenters. The van der Waals surface area contributed by atoms with Gasteiger partial charge in [-0.05, 0) is 57.8 Å². The highest BCUT2D eigenvalue weighted by Crippen LogP contribution is 2.22. The molecule has 2 N–H and O–H groups in total. The van der Waals surface area contributed by atoms with Gasteiger partial charge >= 0.3 is 0 Å². The Kier molecular flexibility index (Phi) is 5.41. The Labute approximate surface area is 149 Å². The minimum atomic E-state index is -0.343. The van der Waals surface area contributed by atoms with Gasteiger partial charge in [0.05, 0.1) is 5.56 Å². The van der Waals surface area contributed by atoms with E-state index in [1.54, 1.807) is 24.3 Å². The van der Waals surface area contributed by atoms with E-state index in [-0.39, 0.29) is 17.2 Å². The Balaban J connectivity index is 2.00. The van der Waals surface area contributed by atoms with Crippen molar-refractivity contribution in [3.05, 3.63) is 68.8 Å². The summed E-state index contributed by atoms with van der Waals surface area (Å²) in [4.78, 5) is 24.2. The highest BCUT2D eigenvalue weighted by Gasteiger charge is 2.15. The van der Waals surface area contributed by atoms with Crippen molar-refractivity contribution in [1.82, 2.24) is 10.9 Å². The van der Waals surface area contributed by atoms with Gasteiger partial charge in [-0.15, -0.1) is 0 Å². The zero-order chi connectivity index (χ0) is 17.0. The molecule has 2 aromatic carbocycles. The fourth-order valence-electron chi connectivity index (χ4n) is 2.02. The molecule has 0 aliphatic heterocycles. The van der Waals surface area contributed by atoms with Gasteiger partial charge in [0.15, 0.2) is 0 Å². The normalized spacial score (nSPS) is 11.0. The maximum atomic E-state index is 12.1. The molecule has 0 aromatic heterocycles. The van der Waals surface area contributed by atoms with E-state index in [0.29, 0.717) is 11.1 Å². The summed E-state index contributed by atoms with van der Waals surface area (Å²) >= 11 is 2.08. The first-order valence-corrected chi connectivity index (χ1v) is 8.32. The Morgan fingerprint density at radius 1 is 0.870 bits per heavy atom. The van der Waals surface area contributed by atoms with Crippen LogP contribution in [0.3, 0.4) is 0 Å². The van der Waals surface area contributed by atoms with Crippen molar-refractivity contribution < 1.29 is 9.59 Å². The quantitative estimate of drug-likeness (QED) is 0.574. The first kappa shape index (κ1) is 17.5. The second-order valence-corrected chi connectivity index (χ2v) is 7.38. The number of benzene rings is 2. The highest BCUT2D eigenvalue weighted by atomic mass is 127. The number of nitrogens with one attached hydrogen (secondary N) is 2. The average molecular weight is 422 g/mol. The van der Waals surface area contributed by atoms with Crippen LogP contribution in [0.5, 0.6) is 0 Å². The lowest BCUT2D eigenvalue weighted by Crippen LogP contribution is -2.41. The predicted octanol–water partition coefficient (Wildman–Crippen LogP) is 3.66. The number of carbonyl (C=O) groups is 2. The Morgan fingerprint density at radius 2 is 1.43 bits per heavy atom. The van der Waals surface area contributed by atoms with Crippen molar-refractivity contribution in [2.24, 2.45) is 0 Å². The number of amides is 2. The van der Waals surface area contributed by atoms with Gasteiger partial charge in [0.1, 0.15) is 0 Å². The van der Waals surface area contributed by atoms with Crippen molar-refractivity contribution in [3.8, 4) is 0 Å². The molecular weight excluding hydrogens is 403 g/mol. The Bertz CT molecular complexity index is 719. The number of rotatable bonds is 2. The molecule has 0 radical (unpaired) electrons. The largest absolute Gasteiger partial charge is 0.270 e. The third kappa shape index (κ3) is 4.54. The van der Waals surface area contributed by atoms with E-state index in [0.717, 1.165) is 9.13 Å². The zero-order valence-corrected chi connectivity index (χ0v) is 15.5. The van der Waals surface area contributed by atoms with E-state index in [9.17, 15) is 9.59 Å². The van der Waals surface area contributed by atoms with Gasteiger partial charge in [0.2, 0.25) is 0 Å². The molecule has 0 aliphatic rings. The first-order valence-electron chi connectivity index (χ1n) is 7.25. The number of hydrogen-bond donors (Lipinski definition) is 2. The molecular formula is C18H19IN2O2. The smallest absolute Gasteiger partial charge is 0.267 e. The summed E-state index contributed by atoms with van der Waals surface area (Å²) in [6.45, 7) is 6.34. The van der Waals surface area contributed by atoms with E-state index in [1.807, 2.05) is 24.3 Å². The molecule has 5 heteroatoms. The Morgan fingerprint density at radius 3 is 2.00 bits per heavy atom. The fraction of sp³-hybridized carbons (Fsp3) is 0.222. The van der Waals surface area contributed by atoms with Gasteiger partial charge in [0.25, 0.3) is 11.8 Å². The van der Waals surface area contributed by atoms with Crippen molar-refractivity contribution in [2.45, 2.75) is 26.2 Å². The molecule has 120 valence electrons. The summed E-state index contributed by atoms with van der Waals surface area (Å²) in [5, 5.41) is 0. The van der Waals surface area contributed by atoms with Gasteiger partial charge in [-0.2, -0.15) is 0 Å². The summed E-state index contributed by atoms with van der Waals surface area (Å²) in [5.74, 6) is -0.681. The SMILES string of the molecule is CC(C)(C)c1ccc(C(=O)NNC(=O)c2ccccc2I)cc1. The molecule has 2 aromatic rings. The minimum absolute atomic E-state index is 0.0349. The Hall–Kier alpha value is -1.89. The van der Waals surface area contributed by atoms with Crippen LogP contribution in [0.15, 0.2) is 48.5 Å². The minimum Gasteiger partial charge on any atom is -0.267 e. The average Bonchev–Trinajstić information content (AvgIpc) is 2.52. The molecule has 2 amide bonds. The van der Waals surface area contributed by atoms with Crippen molar-refractivity contribution in [2.75, 3.05) is 0 Å². The van der Waals surface area contributed by atoms with Crippen LogP contribution >= 0.6 is 22.6 Å². The first-order chi connectivity index (χ1) is 10.8. The van der Waals surface area contributed by atoms with Crippen LogP contribution in [0.4, 0.5) is 0 Å². The molecule has 4 nitrogen and oxygen atoms in total. The number of hydrazine groups is 1. The maximum Gasteiger partial charge on any atom is 0.270 e. The van der Waals surface area contributed by atoms with E-state index in [2.05, 4.69) is 54.2 Å². The van der Waals surface area contributed by atoms with Crippen LogP contribution in [-0.4, -0.2) is 11.8 Å². The van der Waals surface area contributed by atoms with Gasteiger partial charge in [-0.25, -0.2) is 0 Å². The number of hydrogen-bond acceptors (Lipinski definition) is 2. The van der Waals surface area contributed by atoms with Crippen LogP contribution in [0.2, 0.25) is 0 Å². The van der Waals surface area contributed by atoms with Crippen LogP contribution in [0.1, 0.15) is 47.1 Å². The van der Waals surface area contributed by atoms with Crippen LogP contribution < -0.4 is 10.9 Å². The summed E-state index contributed by atoms with van der Waals surface area (Å²) in [5.41, 5.74) is 7.09. The van der Waals surface area contributed by atoms with Gasteiger partial charge < -0.3 is 0 Å². The third-order valence-electron chi connectivity index (χ3n) is 3.42. The van der Waals surface area contributed by atoms with E-state index in [4.69, 9.17) is 0 Å². The molecule has 0 saturated carbocycles. The van der Waals surface area contributed by atoms with E-state index in [1.165, 1.54) is 0 Å². The van der Waals surface area contributed by atoms with Crippen molar-refractivity contribution in [3.63, 3.8) is 0 Å². The number of halogens is 1. The summed E-state index contributed by atoms with van der Waals surface area (Å²) in [7, 11) is 0. The highest BCUT2D eigenvalue weighted by molar-refractivity contribution is 14.1. The topological polar surface area (TPSA) is 58.2 Å². The van der Waals surface area contributed by atoms with E-state index >= 15 is 0 Å². The molecule has 23 heavy (non-hydrogen) atoms. The van der Waals surface area contributed by atoms with Crippen molar-refractivity contribution in [1.29, 1.82) is 0 Å². The molecule has 0 heterocycles. The lowest BCUT2D eigenvalue weighted by atomic mass is 9.87. The fourth-order valence-corrected chi connectivity index (χ4v) is 2.65. The number of carbonyl (C=O) groups excluding carboxylic acids is 2. The van der Waals surface area contributed by atoms with Gasteiger partial charge in [0, 0.05) is 9.13 Å². The van der Waals surface area contributed by atoms with E-state index < -0.39 is 0 Å². The lowest BCUT2D eigenvalue weighted by molar-refractivity contribution is 0.0846. The molecule has 0 spiro atoms. The summed E-state index contributed by atoms with van der Waals surface area (Å²) < 4.78 is 0.825. The zero-order valence-electron chi connectivity index (χ0n) is 13.3. The molecule has 0 fully saturated rings. The summed E-state index contributed by atoms with van der Waals surface area (Å²) in [6, 6.07) is 14.6. The van der Waals surface area contributed by atoms with Gasteiger partial charge in [-0.3, -0.25) is 20.4 Å². The monoisotopic (exact) mass is 422 g/mol. The predicted molar refractivity (Wildman–Crippen MR) is 99.2 cm³/mol. The second kappa shape index (κ2) is 7.12. The lowest BCUT2D eigenvalue weighted by Gasteiger charge is -2.19. The molecule has 2 rings (SSSR count). The standard InChI is InChI=1S/C18H19IN2O2/c1-18(2,3)13-10-8-12(9-11-13)16(22)20-21-17(23)14-6-4-5-7-15(14)19/h4-11H,1-3H3,(H,20,22)(H,21,23). The molecule has 0 saturated heterocycles. The molecule has 0 aliphatic carbocycles. The van der Waals surface area contributed by atoms with Crippen molar-refractivity contribution >= 4 is 34.4 Å².